The number of rotatable bonds is 4. The Bertz CT molecular complexity index is 608. The predicted molar refractivity (Wildman–Crippen MR) is 79.1 cm³/mol. The van der Waals surface area contributed by atoms with E-state index in [-0.39, 0.29) is 6.10 Å². The van der Waals surface area contributed by atoms with Gasteiger partial charge < -0.3 is 14.4 Å². The van der Waals surface area contributed by atoms with Gasteiger partial charge in [0.15, 0.2) is 5.75 Å². The van der Waals surface area contributed by atoms with E-state index in [2.05, 4.69) is 19.9 Å². The predicted octanol–water partition coefficient (Wildman–Crippen LogP) is 2.19. The molecule has 21 heavy (non-hydrogen) atoms. The molecule has 0 aromatic carbocycles. The second kappa shape index (κ2) is 6.13. The van der Waals surface area contributed by atoms with Gasteiger partial charge in [-0.2, -0.15) is 9.97 Å². The molecule has 3 rings (SSSR count). The monoisotopic (exact) mass is 306 g/mol. The van der Waals surface area contributed by atoms with E-state index in [1.165, 1.54) is 0 Å². The molecule has 1 unspecified atom stereocenters. The minimum Gasteiger partial charge on any atom is -0.494 e. The highest BCUT2D eigenvalue weighted by atomic mass is 35.5. The van der Waals surface area contributed by atoms with Crippen molar-refractivity contribution >= 4 is 17.4 Å². The van der Waals surface area contributed by atoms with Crippen LogP contribution in [0.4, 0.5) is 5.82 Å². The zero-order chi connectivity index (χ0) is 14.7. The van der Waals surface area contributed by atoms with E-state index in [0.29, 0.717) is 23.3 Å². The van der Waals surface area contributed by atoms with E-state index in [1.807, 2.05) is 12.1 Å². The van der Waals surface area contributed by atoms with Gasteiger partial charge in [0, 0.05) is 19.2 Å². The average Bonchev–Trinajstić information content (AvgIpc) is 2.97. The summed E-state index contributed by atoms with van der Waals surface area (Å²) in [4.78, 5) is 14.6. The standard InChI is InChI=1S/C14H15ClN4O2/c1-20-11-7-17-14(18-8-11)21-10-4-6-19(9-10)13-12(15)3-2-5-16-13/h2-3,5,7-8,10H,4,6,9H2,1H3. The Kier molecular flexibility index (Phi) is 4.06. The second-order valence-electron chi connectivity index (χ2n) is 4.69. The molecule has 110 valence electrons. The maximum atomic E-state index is 6.16. The Labute approximate surface area is 127 Å². The van der Waals surface area contributed by atoms with Crippen LogP contribution < -0.4 is 14.4 Å². The number of hydrogen-bond acceptors (Lipinski definition) is 6. The number of pyridine rings is 1. The molecule has 0 saturated carbocycles. The molecule has 0 spiro atoms. The molecular formula is C14H15ClN4O2. The van der Waals surface area contributed by atoms with Crippen molar-refractivity contribution in [2.75, 3.05) is 25.1 Å². The number of ether oxygens (including phenoxy) is 2. The van der Waals surface area contributed by atoms with Gasteiger partial charge in [0.05, 0.1) is 31.1 Å². The van der Waals surface area contributed by atoms with Gasteiger partial charge in [0.25, 0.3) is 0 Å². The summed E-state index contributed by atoms with van der Waals surface area (Å²) in [5.41, 5.74) is 0. The molecule has 3 heterocycles. The number of anilines is 1. The largest absolute Gasteiger partial charge is 0.494 e. The lowest BCUT2D eigenvalue weighted by Crippen LogP contribution is -2.25. The zero-order valence-electron chi connectivity index (χ0n) is 11.6. The Balaban J connectivity index is 1.63. The second-order valence-corrected chi connectivity index (χ2v) is 5.10. The Hall–Kier alpha value is -2.08. The molecular weight excluding hydrogens is 292 g/mol. The van der Waals surface area contributed by atoms with E-state index < -0.39 is 0 Å². The Morgan fingerprint density at radius 3 is 2.81 bits per heavy atom. The maximum absolute atomic E-state index is 6.16. The van der Waals surface area contributed by atoms with Gasteiger partial charge in [-0.15, -0.1) is 0 Å². The van der Waals surface area contributed by atoms with Crippen LogP contribution in [0.1, 0.15) is 6.42 Å². The van der Waals surface area contributed by atoms with Gasteiger partial charge in [0.2, 0.25) is 0 Å². The molecule has 2 aromatic heterocycles. The molecule has 7 heteroatoms. The van der Waals surface area contributed by atoms with Gasteiger partial charge in [-0.05, 0) is 12.1 Å². The molecule has 0 amide bonds. The van der Waals surface area contributed by atoms with Gasteiger partial charge in [0.1, 0.15) is 11.9 Å². The first-order valence-electron chi connectivity index (χ1n) is 6.64. The van der Waals surface area contributed by atoms with E-state index in [9.17, 15) is 0 Å². The number of halogens is 1. The van der Waals surface area contributed by atoms with E-state index in [4.69, 9.17) is 21.1 Å². The summed E-state index contributed by atoms with van der Waals surface area (Å²) in [7, 11) is 1.57. The van der Waals surface area contributed by atoms with Crippen LogP contribution in [-0.4, -0.2) is 41.3 Å². The summed E-state index contributed by atoms with van der Waals surface area (Å²) < 4.78 is 10.8. The molecule has 1 aliphatic rings. The first-order valence-corrected chi connectivity index (χ1v) is 7.02. The van der Waals surface area contributed by atoms with Crippen LogP contribution in [0.15, 0.2) is 30.7 Å². The van der Waals surface area contributed by atoms with Crippen molar-refractivity contribution < 1.29 is 9.47 Å². The van der Waals surface area contributed by atoms with Crippen LogP contribution in [0.5, 0.6) is 11.8 Å². The quantitative estimate of drug-likeness (QED) is 0.863. The fourth-order valence-electron chi connectivity index (χ4n) is 2.25. The lowest BCUT2D eigenvalue weighted by atomic mass is 10.3. The molecule has 1 fully saturated rings. The highest BCUT2D eigenvalue weighted by Crippen LogP contribution is 2.26. The van der Waals surface area contributed by atoms with Crippen LogP contribution >= 0.6 is 11.6 Å². The fraction of sp³-hybridized carbons (Fsp3) is 0.357. The minimum atomic E-state index is 0.0245. The zero-order valence-corrected chi connectivity index (χ0v) is 12.3. The van der Waals surface area contributed by atoms with Crippen molar-refractivity contribution in [1.82, 2.24) is 15.0 Å². The summed E-state index contributed by atoms with van der Waals surface area (Å²) in [6, 6.07) is 4.01. The topological polar surface area (TPSA) is 60.4 Å². The number of methoxy groups -OCH3 is 1. The van der Waals surface area contributed by atoms with Crippen LogP contribution in [0.2, 0.25) is 5.02 Å². The van der Waals surface area contributed by atoms with Crippen molar-refractivity contribution in [1.29, 1.82) is 0 Å². The smallest absolute Gasteiger partial charge is 0.316 e. The van der Waals surface area contributed by atoms with Crippen molar-refractivity contribution in [2.24, 2.45) is 0 Å². The number of nitrogens with zero attached hydrogens (tertiary/aromatic N) is 4. The molecule has 1 atom stereocenters. The van der Waals surface area contributed by atoms with Gasteiger partial charge in [-0.3, -0.25) is 0 Å². The van der Waals surface area contributed by atoms with Crippen molar-refractivity contribution in [3.63, 3.8) is 0 Å². The molecule has 0 N–H and O–H groups in total. The lowest BCUT2D eigenvalue weighted by Gasteiger charge is -2.18. The van der Waals surface area contributed by atoms with Gasteiger partial charge in [-0.25, -0.2) is 4.98 Å². The highest BCUT2D eigenvalue weighted by Gasteiger charge is 2.26. The van der Waals surface area contributed by atoms with Gasteiger partial charge in [-0.1, -0.05) is 11.6 Å². The third-order valence-corrected chi connectivity index (χ3v) is 3.59. The molecule has 1 saturated heterocycles. The van der Waals surface area contributed by atoms with Crippen LogP contribution in [0.25, 0.3) is 0 Å². The van der Waals surface area contributed by atoms with E-state index in [1.54, 1.807) is 25.7 Å². The first-order chi connectivity index (χ1) is 10.3. The highest BCUT2D eigenvalue weighted by molar-refractivity contribution is 6.32. The SMILES string of the molecule is COc1cnc(OC2CCN(c3ncccc3Cl)C2)nc1. The summed E-state index contributed by atoms with van der Waals surface area (Å²) in [6.07, 6.45) is 5.82. The Morgan fingerprint density at radius 1 is 1.29 bits per heavy atom. The maximum Gasteiger partial charge on any atom is 0.316 e. The average molecular weight is 307 g/mol. The van der Waals surface area contributed by atoms with Crippen molar-refractivity contribution in [3.8, 4) is 11.8 Å². The first kappa shape index (κ1) is 13.9. The molecule has 6 nitrogen and oxygen atoms in total. The van der Waals surface area contributed by atoms with Crippen LogP contribution in [0.3, 0.4) is 0 Å². The summed E-state index contributed by atoms with van der Waals surface area (Å²) >= 11 is 6.16. The van der Waals surface area contributed by atoms with E-state index in [0.717, 1.165) is 18.8 Å². The number of aromatic nitrogens is 3. The van der Waals surface area contributed by atoms with Crippen molar-refractivity contribution in [3.05, 3.63) is 35.7 Å². The lowest BCUT2D eigenvalue weighted by molar-refractivity contribution is 0.205. The number of hydrogen-bond donors (Lipinski definition) is 0. The third kappa shape index (κ3) is 3.16. The summed E-state index contributed by atoms with van der Waals surface area (Å²) in [5, 5.41) is 0.652. The molecule has 0 bridgehead atoms. The minimum absolute atomic E-state index is 0.0245. The molecule has 1 aliphatic heterocycles. The fourth-order valence-corrected chi connectivity index (χ4v) is 2.49. The summed E-state index contributed by atoms with van der Waals surface area (Å²) in [6.45, 7) is 1.56. The van der Waals surface area contributed by atoms with Gasteiger partial charge >= 0.3 is 6.01 Å². The normalized spacial score (nSPS) is 17.8. The molecule has 0 aliphatic carbocycles. The van der Waals surface area contributed by atoms with E-state index >= 15 is 0 Å². The molecule has 0 radical (unpaired) electrons. The Morgan fingerprint density at radius 2 is 2.10 bits per heavy atom. The third-order valence-electron chi connectivity index (χ3n) is 3.30. The van der Waals surface area contributed by atoms with Crippen molar-refractivity contribution in [2.45, 2.75) is 12.5 Å². The van der Waals surface area contributed by atoms with Crippen LogP contribution in [0, 0.1) is 0 Å². The van der Waals surface area contributed by atoms with Crippen LogP contribution in [-0.2, 0) is 0 Å². The summed E-state index contributed by atoms with van der Waals surface area (Å²) in [5.74, 6) is 1.40. The molecule has 2 aromatic rings.